The van der Waals surface area contributed by atoms with Gasteiger partial charge in [0.25, 0.3) is 10.0 Å². The van der Waals surface area contributed by atoms with Crippen molar-refractivity contribution in [1.29, 1.82) is 0 Å². The van der Waals surface area contributed by atoms with Gasteiger partial charge in [-0.05, 0) is 36.8 Å². The molecule has 2 rings (SSSR count). The Morgan fingerprint density at radius 2 is 2.05 bits per heavy atom. The lowest BCUT2D eigenvalue weighted by atomic mass is 10.2. The Labute approximate surface area is 116 Å². The first kappa shape index (κ1) is 13.6. The van der Waals surface area contributed by atoms with Crippen molar-refractivity contribution in [3.63, 3.8) is 0 Å². The van der Waals surface area contributed by atoms with E-state index in [1.807, 2.05) is 6.92 Å². The van der Waals surface area contributed by atoms with Crippen LogP contribution in [0.3, 0.4) is 0 Å². The third-order valence-corrected chi connectivity index (χ3v) is 4.20. The van der Waals surface area contributed by atoms with Crippen molar-refractivity contribution < 1.29 is 8.42 Å². The number of nitrogen functional groups attached to an aromatic ring is 1. The maximum absolute atomic E-state index is 12.2. The van der Waals surface area contributed by atoms with Crippen LogP contribution in [0.25, 0.3) is 0 Å². The minimum Gasteiger partial charge on any atom is -0.398 e. The zero-order valence-electron chi connectivity index (χ0n) is 10.1. The van der Waals surface area contributed by atoms with E-state index in [4.69, 9.17) is 17.3 Å². The molecule has 0 saturated carbocycles. The monoisotopic (exact) mass is 297 g/mol. The molecule has 2 aromatic rings. The summed E-state index contributed by atoms with van der Waals surface area (Å²) in [6, 6.07) is 7.84. The highest BCUT2D eigenvalue weighted by Gasteiger charge is 2.18. The molecular formula is C12H12ClN3O2S. The van der Waals surface area contributed by atoms with Crippen molar-refractivity contribution in [2.24, 2.45) is 0 Å². The van der Waals surface area contributed by atoms with Crippen LogP contribution < -0.4 is 10.5 Å². The van der Waals surface area contributed by atoms with Crippen LogP contribution >= 0.6 is 11.6 Å². The van der Waals surface area contributed by atoms with Crippen molar-refractivity contribution in [2.75, 3.05) is 10.5 Å². The van der Waals surface area contributed by atoms with Crippen molar-refractivity contribution in [2.45, 2.75) is 11.8 Å². The molecule has 0 aliphatic heterocycles. The van der Waals surface area contributed by atoms with Crippen LogP contribution in [0.15, 0.2) is 41.4 Å². The fourth-order valence-electron chi connectivity index (χ4n) is 1.57. The largest absolute Gasteiger partial charge is 0.398 e. The minimum absolute atomic E-state index is 0.0121. The molecule has 0 radical (unpaired) electrons. The molecule has 19 heavy (non-hydrogen) atoms. The SMILES string of the molecule is Cc1ccc(S(=O)(=O)Nc2cccnc2Cl)c(N)c1. The maximum Gasteiger partial charge on any atom is 0.264 e. The van der Waals surface area contributed by atoms with Gasteiger partial charge in [-0.3, -0.25) is 4.72 Å². The van der Waals surface area contributed by atoms with Crippen molar-refractivity contribution in [3.05, 3.63) is 47.2 Å². The van der Waals surface area contributed by atoms with Crippen LogP contribution in [0.1, 0.15) is 5.56 Å². The van der Waals surface area contributed by atoms with Gasteiger partial charge in [-0.1, -0.05) is 17.7 Å². The Morgan fingerprint density at radius 1 is 1.32 bits per heavy atom. The van der Waals surface area contributed by atoms with Gasteiger partial charge >= 0.3 is 0 Å². The molecule has 1 aromatic carbocycles. The first-order chi connectivity index (χ1) is 8.90. The van der Waals surface area contributed by atoms with E-state index in [0.29, 0.717) is 0 Å². The normalized spacial score (nSPS) is 11.3. The average Bonchev–Trinajstić information content (AvgIpc) is 2.31. The highest BCUT2D eigenvalue weighted by atomic mass is 35.5. The van der Waals surface area contributed by atoms with E-state index < -0.39 is 10.0 Å². The van der Waals surface area contributed by atoms with E-state index in [-0.39, 0.29) is 21.4 Å². The van der Waals surface area contributed by atoms with Crippen molar-refractivity contribution in [3.8, 4) is 0 Å². The van der Waals surface area contributed by atoms with Crippen LogP contribution in [0.4, 0.5) is 11.4 Å². The highest BCUT2D eigenvalue weighted by molar-refractivity contribution is 7.92. The van der Waals surface area contributed by atoms with Crippen molar-refractivity contribution in [1.82, 2.24) is 4.98 Å². The number of rotatable bonds is 3. The Morgan fingerprint density at radius 3 is 2.68 bits per heavy atom. The average molecular weight is 298 g/mol. The molecule has 100 valence electrons. The molecule has 1 aromatic heterocycles. The Hall–Kier alpha value is -1.79. The van der Waals surface area contributed by atoms with Gasteiger partial charge in [0.1, 0.15) is 4.90 Å². The molecule has 3 N–H and O–H groups in total. The number of halogens is 1. The molecule has 0 spiro atoms. The van der Waals surface area contributed by atoms with Gasteiger partial charge in [-0.25, -0.2) is 13.4 Å². The number of anilines is 2. The quantitative estimate of drug-likeness (QED) is 0.673. The third kappa shape index (κ3) is 2.97. The molecule has 0 saturated heterocycles. The summed E-state index contributed by atoms with van der Waals surface area (Å²) in [5, 5.41) is 0.0803. The predicted octanol–water partition coefficient (Wildman–Crippen LogP) is 2.43. The van der Waals surface area contributed by atoms with Gasteiger partial charge in [0.2, 0.25) is 0 Å². The van der Waals surface area contributed by atoms with Gasteiger partial charge in [-0.2, -0.15) is 0 Å². The van der Waals surface area contributed by atoms with E-state index in [9.17, 15) is 8.42 Å². The van der Waals surface area contributed by atoms with Crippen LogP contribution in [0, 0.1) is 6.92 Å². The van der Waals surface area contributed by atoms with E-state index in [2.05, 4.69) is 9.71 Å². The smallest absolute Gasteiger partial charge is 0.264 e. The molecule has 0 aliphatic carbocycles. The first-order valence-corrected chi connectivity index (χ1v) is 7.26. The Balaban J connectivity index is 2.41. The summed E-state index contributed by atoms with van der Waals surface area (Å²) in [6.45, 7) is 1.83. The van der Waals surface area contributed by atoms with Gasteiger partial charge in [0, 0.05) is 6.20 Å². The highest BCUT2D eigenvalue weighted by Crippen LogP contribution is 2.25. The summed E-state index contributed by atoms with van der Waals surface area (Å²) in [7, 11) is -3.78. The Bertz CT molecular complexity index is 717. The molecule has 0 bridgehead atoms. The lowest BCUT2D eigenvalue weighted by Crippen LogP contribution is -2.15. The number of benzene rings is 1. The minimum atomic E-state index is -3.78. The van der Waals surface area contributed by atoms with Crippen LogP contribution in [-0.4, -0.2) is 13.4 Å². The topological polar surface area (TPSA) is 85.1 Å². The number of nitrogens with one attached hydrogen (secondary N) is 1. The van der Waals surface area contributed by atoms with Gasteiger partial charge in [0.15, 0.2) is 5.15 Å². The molecule has 0 aliphatic rings. The fourth-order valence-corrected chi connectivity index (χ4v) is 2.98. The van der Waals surface area contributed by atoms with Gasteiger partial charge < -0.3 is 5.73 Å². The number of sulfonamides is 1. The molecule has 0 amide bonds. The molecule has 1 heterocycles. The lowest BCUT2D eigenvalue weighted by molar-refractivity contribution is 0.601. The molecule has 0 atom stereocenters. The lowest BCUT2D eigenvalue weighted by Gasteiger charge is -2.11. The Kier molecular flexibility index (Phi) is 3.64. The first-order valence-electron chi connectivity index (χ1n) is 5.39. The summed E-state index contributed by atoms with van der Waals surface area (Å²) in [6.07, 6.45) is 1.47. The van der Waals surface area contributed by atoms with Gasteiger partial charge in [0.05, 0.1) is 11.4 Å². The second kappa shape index (κ2) is 5.07. The summed E-state index contributed by atoms with van der Waals surface area (Å²) >= 11 is 5.81. The second-order valence-electron chi connectivity index (χ2n) is 3.99. The summed E-state index contributed by atoms with van der Waals surface area (Å²) in [5.74, 6) is 0. The third-order valence-electron chi connectivity index (χ3n) is 2.46. The number of hydrogen-bond acceptors (Lipinski definition) is 4. The number of nitrogens with zero attached hydrogens (tertiary/aromatic N) is 1. The molecule has 0 fully saturated rings. The standard InChI is InChI=1S/C12H12ClN3O2S/c1-8-4-5-11(9(14)7-8)19(17,18)16-10-3-2-6-15-12(10)13/h2-7,16H,14H2,1H3. The molecule has 5 nitrogen and oxygen atoms in total. The number of pyridine rings is 1. The summed E-state index contributed by atoms with van der Waals surface area (Å²) in [5.41, 5.74) is 7.02. The molecule has 0 unspecified atom stereocenters. The van der Waals surface area contributed by atoms with Crippen molar-refractivity contribution >= 4 is 33.0 Å². The van der Waals surface area contributed by atoms with Crippen LogP contribution in [0.5, 0.6) is 0 Å². The second-order valence-corrected chi connectivity index (χ2v) is 6.00. The van der Waals surface area contributed by atoms with Crippen LogP contribution in [-0.2, 0) is 10.0 Å². The van der Waals surface area contributed by atoms with E-state index in [1.165, 1.54) is 18.3 Å². The molecule has 7 heteroatoms. The number of hydrogen-bond donors (Lipinski definition) is 2. The van der Waals surface area contributed by atoms with E-state index in [0.717, 1.165) is 5.56 Å². The summed E-state index contributed by atoms with van der Waals surface area (Å²) < 4.78 is 26.8. The fraction of sp³-hybridized carbons (Fsp3) is 0.0833. The number of nitrogens with two attached hydrogens (primary N) is 1. The predicted molar refractivity (Wildman–Crippen MR) is 75.6 cm³/mol. The van der Waals surface area contributed by atoms with E-state index in [1.54, 1.807) is 18.2 Å². The molecular weight excluding hydrogens is 286 g/mol. The maximum atomic E-state index is 12.2. The number of aryl methyl sites for hydroxylation is 1. The zero-order valence-corrected chi connectivity index (χ0v) is 11.7. The summed E-state index contributed by atoms with van der Waals surface area (Å²) in [4.78, 5) is 3.81. The van der Waals surface area contributed by atoms with Gasteiger partial charge in [-0.15, -0.1) is 0 Å². The van der Waals surface area contributed by atoms with E-state index >= 15 is 0 Å². The number of aromatic nitrogens is 1. The zero-order chi connectivity index (χ0) is 14.0. The van der Waals surface area contributed by atoms with Crippen LogP contribution in [0.2, 0.25) is 5.15 Å².